The highest BCUT2D eigenvalue weighted by molar-refractivity contribution is 7.99. The zero-order valence-electron chi connectivity index (χ0n) is 24.0. The number of nitrogens with zero attached hydrogens (tertiary/aromatic N) is 4. The lowest BCUT2D eigenvalue weighted by Gasteiger charge is -2.26. The molecular formula is C28H34F2N6O6S. The average molecular weight is 621 g/mol. The Morgan fingerprint density at radius 2 is 1.88 bits per heavy atom. The van der Waals surface area contributed by atoms with Crippen molar-refractivity contribution in [3.8, 4) is 5.75 Å². The molecule has 12 nitrogen and oxygen atoms in total. The van der Waals surface area contributed by atoms with Crippen molar-refractivity contribution >= 4 is 40.6 Å². The summed E-state index contributed by atoms with van der Waals surface area (Å²) < 4.78 is 51.2. The Morgan fingerprint density at radius 1 is 1.19 bits per heavy atom. The summed E-state index contributed by atoms with van der Waals surface area (Å²) in [6.07, 6.45) is 0.421. The molecule has 1 aromatic carbocycles. The molecule has 3 fully saturated rings. The van der Waals surface area contributed by atoms with Crippen molar-refractivity contribution < 1.29 is 37.3 Å². The zero-order chi connectivity index (χ0) is 30.7. The normalized spacial score (nSPS) is 23.8. The van der Waals surface area contributed by atoms with Crippen molar-refractivity contribution in [2.24, 2.45) is 5.73 Å². The number of thioether (sulfide) groups is 1. The number of amides is 2. The fraction of sp³-hybridized carbons (Fsp3) is 0.500. The number of alkyl halides is 1. The van der Waals surface area contributed by atoms with Crippen LogP contribution in [-0.4, -0.2) is 107 Å². The molecule has 0 radical (unpaired) electrons. The van der Waals surface area contributed by atoms with Crippen LogP contribution in [0.3, 0.4) is 0 Å². The van der Waals surface area contributed by atoms with E-state index < -0.39 is 24.0 Å². The molecule has 0 aliphatic carbocycles. The number of halogens is 2. The van der Waals surface area contributed by atoms with Crippen LogP contribution in [-0.2, 0) is 19.0 Å². The SMILES string of the molecule is CC(F)C(=O)N1CCSCC1.COC1CO[C@@H]2C(Oc3cc(F)ccc3Nc3ncnn4cc(C(N)=O)c(C)c34)CO[C@H]12. The second kappa shape index (κ2) is 13.4. The zero-order valence-corrected chi connectivity index (χ0v) is 24.8. The number of benzene rings is 1. The molecule has 6 rings (SSSR count). The van der Waals surface area contributed by atoms with E-state index >= 15 is 0 Å². The molecule has 2 amide bonds. The Bertz CT molecular complexity index is 1470. The lowest BCUT2D eigenvalue weighted by Crippen LogP contribution is -2.41. The molecule has 3 unspecified atom stereocenters. The van der Waals surface area contributed by atoms with Crippen LogP contribution < -0.4 is 15.8 Å². The first-order chi connectivity index (χ1) is 20.7. The summed E-state index contributed by atoms with van der Waals surface area (Å²) in [7, 11) is 1.61. The lowest BCUT2D eigenvalue weighted by molar-refractivity contribution is -0.135. The molecule has 3 saturated heterocycles. The predicted molar refractivity (Wildman–Crippen MR) is 155 cm³/mol. The quantitative estimate of drug-likeness (QED) is 0.405. The molecule has 0 saturated carbocycles. The fourth-order valence-electron chi connectivity index (χ4n) is 5.26. The summed E-state index contributed by atoms with van der Waals surface area (Å²) in [5, 5.41) is 7.31. The van der Waals surface area contributed by atoms with E-state index in [1.54, 1.807) is 31.2 Å². The minimum atomic E-state index is -1.34. The summed E-state index contributed by atoms with van der Waals surface area (Å²) in [6, 6.07) is 4.16. The maximum absolute atomic E-state index is 14.1. The molecule has 5 heterocycles. The van der Waals surface area contributed by atoms with Crippen molar-refractivity contribution in [2.45, 2.75) is 44.4 Å². The van der Waals surface area contributed by atoms with Crippen molar-refractivity contribution in [3.05, 3.63) is 47.7 Å². The highest BCUT2D eigenvalue weighted by Crippen LogP contribution is 2.36. The van der Waals surface area contributed by atoms with Gasteiger partial charge in [0.2, 0.25) is 0 Å². The third-order valence-corrected chi connectivity index (χ3v) is 8.44. The molecule has 43 heavy (non-hydrogen) atoms. The van der Waals surface area contributed by atoms with Gasteiger partial charge in [0.1, 0.15) is 41.7 Å². The molecule has 0 spiro atoms. The molecule has 2 aromatic heterocycles. The standard InChI is InChI=1S/C21H22FN5O5.C7H12FNOS/c1-10-12(20(23)28)6-27-17(10)21(24-9-25-27)26-13-4-3-11(22)5-14(13)32-16-8-31-18-15(29-2)7-30-19(16)18;1-6(8)7(10)9-2-4-11-5-3-9/h3-6,9,15-16,18-19H,7-8H2,1-2H3,(H2,23,28)(H,24,25,26);6H,2-5H2,1H3/t15?,16?,18-,19-;/m1./s1. The van der Waals surface area contributed by atoms with Gasteiger partial charge >= 0.3 is 0 Å². The van der Waals surface area contributed by atoms with E-state index in [9.17, 15) is 18.4 Å². The first-order valence-electron chi connectivity index (χ1n) is 13.8. The van der Waals surface area contributed by atoms with Gasteiger partial charge in [0.25, 0.3) is 11.8 Å². The van der Waals surface area contributed by atoms with Gasteiger partial charge in [-0.1, -0.05) is 0 Å². The number of hydrogen-bond acceptors (Lipinski definition) is 10. The van der Waals surface area contributed by atoms with Crippen LogP contribution in [0, 0.1) is 12.7 Å². The van der Waals surface area contributed by atoms with Gasteiger partial charge in [-0.15, -0.1) is 0 Å². The van der Waals surface area contributed by atoms with E-state index in [1.807, 2.05) is 11.8 Å². The van der Waals surface area contributed by atoms with Crippen molar-refractivity contribution in [2.75, 3.05) is 50.2 Å². The number of rotatable bonds is 7. The number of nitrogens with one attached hydrogen (secondary N) is 1. The number of ether oxygens (including phenoxy) is 4. The topological polar surface area (TPSA) is 143 Å². The molecule has 0 bridgehead atoms. The highest BCUT2D eigenvalue weighted by Gasteiger charge is 2.49. The second-order valence-electron chi connectivity index (χ2n) is 10.3. The molecule has 3 aliphatic rings. The van der Waals surface area contributed by atoms with Crippen LogP contribution >= 0.6 is 11.8 Å². The molecule has 15 heteroatoms. The fourth-order valence-corrected chi connectivity index (χ4v) is 6.16. The van der Waals surface area contributed by atoms with Gasteiger partial charge in [-0.25, -0.2) is 18.3 Å². The number of carbonyl (C=O) groups excluding carboxylic acids is 2. The van der Waals surface area contributed by atoms with Crippen molar-refractivity contribution in [1.82, 2.24) is 19.5 Å². The summed E-state index contributed by atoms with van der Waals surface area (Å²) in [5.74, 6) is 1.21. The number of aryl methyl sites for hydroxylation is 1. The number of anilines is 2. The largest absolute Gasteiger partial charge is 0.483 e. The van der Waals surface area contributed by atoms with Crippen molar-refractivity contribution in [1.29, 1.82) is 0 Å². The maximum Gasteiger partial charge on any atom is 0.256 e. The molecule has 3 aliphatic heterocycles. The van der Waals surface area contributed by atoms with E-state index in [4.69, 9.17) is 24.7 Å². The van der Waals surface area contributed by atoms with E-state index in [-0.39, 0.29) is 30.0 Å². The maximum atomic E-state index is 14.1. The lowest BCUT2D eigenvalue weighted by atomic mass is 10.1. The van der Waals surface area contributed by atoms with Gasteiger partial charge in [-0.05, 0) is 31.5 Å². The Balaban J connectivity index is 0.000000283. The van der Waals surface area contributed by atoms with Crippen LogP contribution in [0.25, 0.3) is 5.52 Å². The monoisotopic (exact) mass is 620 g/mol. The van der Waals surface area contributed by atoms with Crippen LogP contribution in [0.15, 0.2) is 30.7 Å². The first kappa shape index (κ1) is 30.9. The highest BCUT2D eigenvalue weighted by atomic mass is 32.2. The van der Waals surface area contributed by atoms with Crippen LogP contribution in [0.5, 0.6) is 5.75 Å². The number of aromatic nitrogens is 3. The molecule has 3 aromatic rings. The second-order valence-corrected chi connectivity index (χ2v) is 11.5. The summed E-state index contributed by atoms with van der Waals surface area (Å²) >= 11 is 1.81. The van der Waals surface area contributed by atoms with Gasteiger partial charge in [-0.2, -0.15) is 16.9 Å². The smallest absolute Gasteiger partial charge is 0.256 e. The predicted octanol–water partition coefficient (Wildman–Crippen LogP) is 2.50. The van der Waals surface area contributed by atoms with E-state index in [0.717, 1.165) is 11.5 Å². The van der Waals surface area contributed by atoms with Crippen LogP contribution in [0.1, 0.15) is 22.8 Å². The van der Waals surface area contributed by atoms with E-state index in [1.165, 1.54) is 29.9 Å². The van der Waals surface area contributed by atoms with Gasteiger partial charge in [-0.3, -0.25) is 9.59 Å². The minimum Gasteiger partial charge on any atom is -0.483 e. The Morgan fingerprint density at radius 3 is 2.56 bits per heavy atom. The Hall–Kier alpha value is -3.53. The Kier molecular flexibility index (Phi) is 9.64. The summed E-state index contributed by atoms with van der Waals surface area (Å²) in [6.45, 7) is 5.17. The molecule has 5 atom stereocenters. The number of hydrogen-bond donors (Lipinski definition) is 2. The summed E-state index contributed by atoms with van der Waals surface area (Å²) in [4.78, 5) is 28.7. The van der Waals surface area contributed by atoms with Gasteiger partial charge in [0.05, 0.1) is 24.5 Å². The van der Waals surface area contributed by atoms with Gasteiger partial charge < -0.3 is 34.9 Å². The average Bonchev–Trinajstić information content (AvgIpc) is 3.69. The number of primary amides is 1. The molecular weight excluding hydrogens is 586 g/mol. The third kappa shape index (κ3) is 6.69. The van der Waals surface area contributed by atoms with Crippen LogP contribution in [0.4, 0.5) is 20.3 Å². The number of fused-ring (bicyclic) bond motifs is 2. The van der Waals surface area contributed by atoms with Crippen molar-refractivity contribution in [3.63, 3.8) is 0 Å². The number of methoxy groups -OCH3 is 1. The first-order valence-corrected chi connectivity index (χ1v) is 15.0. The van der Waals surface area contributed by atoms with E-state index in [0.29, 0.717) is 54.5 Å². The van der Waals surface area contributed by atoms with Crippen LogP contribution in [0.2, 0.25) is 0 Å². The number of carbonyl (C=O) groups is 2. The number of nitrogens with two attached hydrogens (primary N) is 1. The molecule has 232 valence electrons. The third-order valence-electron chi connectivity index (χ3n) is 7.50. The van der Waals surface area contributed by atoms with E-state index in [2.05, 4.69) is 15.4 Å². The minimum absolute atomic E-state index is 0.162. The van der Waals surface area contributed by atoms with Gasteiger partial charge in [0, 0.05) is 44.0 Å². The molecule has 3 N–H and O–H groups in total. The Labute approximate surface area is 251 Å². The van der Waals surface area contributed by atoms with Gasteiger partial charge in [0.15, 0.2) is 18.1 Å². The summed E-state index contributed by atoms with van der Waals surface area (Å²) in [5.41, 5.74) is 7.48.